The Balaban J connectivity index is 2.18. The van der Waals surface area contributed by atoms with Crippen LogP contribution in [-0.4, -0.2) is 48.9 Å². The van der Waals surface area contributed by atoms with Gasteiger partial charge in [-0.1, -0.05) is 59.6 Å². The van der Waals surface area contributed by atoms with E-state index in [1.807, 2.05) is 20.2 Å². The first-order valence-electron chi connectivity index (χ1n) is 8.89. The lowest BCUT2D eigenvalue weighted by molar-refractivity contribution is -0.857. The molecule has 1 fully saturated rings. The number of benzene rings is 2. The van der Waals surface area contributed by atoms with Gasteiger partial charge in [-0.3, -0.25) is 9.59 Å². The van der Waals surface area contributed by atoms with E-state index in [1.54, 1.807) is 42.5 Å². The van der Waals surface area contributed by atoms with Crippen molar-refractivity contribution in [3.8, 4) is 0 Å². The molecule has 2 aromatic rings. The van der Waals surface area contributed by atoms with Crippen molar-refractivity contribution in [2.24, 2.45) is 0 Å². The van der Waals surface area contributed by atoms with E-state index in [4.69, 9.17) is 23.2 Å². The molecule has 0 bridgehead atoms. The number of nitrogens with zero attached hydrogens (tertiary/aromatic N) is 1. The number of aliphatic hydroxyl groups excluding tert-OH is 1. The smallest absolute Gasteiger partial charge is 0.295 e. The number of quaternary nitrogens is 1. The molecule has 0 aliphatic carbocycles. The number of halogens is 2. The summed E-state index contributed by atoms with van der Waals surface area (Å²) in [6, 6.07) is 12.8. The SMILES string of the molecule is C[NH+](C)CCN1C(=O)C(=O)/C(=C(/O)c2ccccc2)[C@H]1c1ccc(Cl)cc1Cl. The molecule has 0 radical (unpaired) electrons. The molecule has 1 heterocycles. The van der Waals surface area contributed by atoms with Crippen molar-refractivity contribution in [1.29, 1.82) is 0 Å². The molecular formula is C21H21Cl2N2O3+. The Bertz CT molecular complexity index is 942. The fourth-order valence-electron chi connectivity index (χ4n) is 3.25. The van der Waals surface area contributed by atoms with Crippen molar-refractivity contribution >= 4 is 40.7 Å². The highest BCUT2D eigenvalue weighted by molar-refractivity contribution is 6.47. The molecule has 0 aromatic heterocycles. The molecule has 5 nitrogen and oxygen atoms in total. The lowest BCUT2D eigenvalue weighted by Crippen LogP contribution is -3.06. The lowest BCUT2D eigenvalue weighted by atomic mass is 9.95. The summed E-state index contributed by atoms with van der Waals surface area (Å²) in [4.78, 5) is 28.2. The van der Waals surface area contributed by atoms with E-state index in [2.05, 4.69) is 0 Å². The van der Waals surface area contributed by atoms with Crippen LogP contribution in [0, 0.1) is 0 Å². The van der Waals surface area contributed by atoms with Crippen molar-refractivity contribution in [3.05, 3.63) is 75.3 Å². The average molecular weight is 420 g/mol. The Hall–Kier alpha value is -2.34. The Labute approximate surface area is 173 Å². The molecule has 0 spiro atoms. The standard InChI is InChI=1S/C21H20Cl2N2O3/c1-24(2)10-11-25-18(15-9-8-14(22)12-16(15)23)17(20(27)21(25)28)19(26)13-6-4-3-5-7-13/h3-9,12,18,26H,10-11H2,1-2H3/p+1/b19-17+/t18-/m1/s1. The molecule has 1 saturated heterocycles. The second-order valence-corrected chi connectivity index (χ2v) is 7.83. The first kappa shape index (κ1) is 20.4. The first-order valence-corrected chi connectivity index (χ1v) is 9.64. The Morgan fingerprint density at radius 2 is 1.79 bits per heavy atom. The van der Waals surface area contributed by atoms with Crippen molar-refractivity contribution in [2.45, 2.75) is 6.04 Å². The number of nitrogens with one attached hydrogen (secondary N) is 1. The Morgan fingerprint density at radius 1 is 1.11 bits per heavy atom. The summed E-state index contributed by atoms with van der Waals surface area (Å²) < 4.78 is 0. The molecule has 28 heavy (non-hydrogen) atoms. The maximum atomic E-state index is 12.9. The van der Waals surface area contributed by atoms with Crippen LogP contribution < -0.4 is 4.90 Å². The van der Waals surface area contributed by atoms with Gasteiger partial charge in [0.25, 0.3) is 11.7 Å². The maximum Gasteiger partial charge on any atom is 0.295 e. The van der Waals surface area contributed by atoms with Crippen LogP contribution in [0.15, 0.2) is 54.1 Å². The molecule has 1 atom stereocenters. The monoisotopic (exact) mass is 419 g/mol. The topological polar surface area (TPSA) is 62.0 Å². The Morgan fingerprint density at radius 3 is 2.39 bits per heavy atom. The highest BCUT2D eigenvalue weighted by atomic mass is 35.5. The van der Waals surface area contributed by atoms with Gasteiger partial charge in [0.1, 0.15) is 5.76 Å². The third-order valence-electron chi connectivity index (χ3n) is 4.70. The molecule has 146 valence electrons. The van der Waals surface area contributed by atoms with Gasteiger partial charge in [0.05, 0.1) is 38.8 Å². The van der Waals surface area contributed by atoms with Crippen LogP contribution in [0.2, 0.25) is 10.0 Å². The van der Waals surface area contributed by atoms with Crippen LogP contribution in [-0.2, 0) is 9.59 Å². The minimum Gasteiger partial charge on any atom is -0.507 e. The van der Waals surface area contributed by atoms with Crippen LogP contribution in [0.1, 0.15) is 17.2 Å². The predicted molar refractivity (Wildman–Crippen MR) is 110 cm³/mol. The number of ketones is 1. The van der Waals surface area contributed by atoms with Gasteiger partial charge in [-0.05, 0) is 17.7 Å². The van der Waals surface area contributed by atoms with Crippen molar-refractivity contribution < 1.29 is 19.6 Å². The number of hydrogen-bond acceptors (Lipinski definition) is 3. The number of carbonyl (C=O) groups excluding carboxylic acids is 2. The fourth-order valence-corrected chi connectivity index (χ4v) is 3.76. The largest absolute Gasteiger partial charge is 0.507 e. The number of aliphatic hydroxyl groups is 1. The van der Waals surface area contributed by atoms with Gasteiger partial charge in [-0.25, -0.2) is 0 Å². The number of Topliss-reactive ketones (excluding diaryl/α,β-unsaturated/α-hetero) is 1. The minimum atomic E-state index is -0.774. The van der Waals surface area contributed by atoms with Crippen LogP contribution in [0.25, 0.3) is 5.76 Å². The van der Waals surface area contributed by atoms with Crippen LogP contribution in [0.5, 0.6) is 0 Å². The molecule has 1 aliphatic rings. The molecule has 1 aliphatic heterocycles. The molecular weight excluding hydrogens is 399 g/mol. The minimum absolute atomic E-state index is 0.0363. The summed E-state index contributed by atoms with van der Waals surface area (Å²) in [5, 5.41) is 11.7. The number of hydrogen-bond donors (Lipinski definition) is 2. The van der Waals surface area contributed by atoms with E-state index in [-0.39, 0.29) is 11.3 Å². The number of likely N-dealkylation sites (tertiary alicyclic amines) is 1. The van der Waals surface area contributed by atoms with E-state index in [0.29, 0.717) is 34.3 Å². The number of amides is 1. The van der Waals surface area contributed by atoms with Gasteiger partial charge >= 0.3 is 0 Å². The Kier molecular flexibility index (Phi) is 6.08. The molecule has 0 unspecified atom stereocenters. The molecule has 2 N–H and O–H groups in total. The van der Waals surface area contributed by atoms with E-state index in [9.17, 15) is 14.7 Å². The second kappa shape index (κ2) is 8.35. The normalized spacial score (nSPS) is 18.9. The van der Waals surface area contributed by atoms with E-state index in [1.165, 1.54) is 4.90 Å². The van der Waals surface area contributed by atoms with Crippen molar-refractivity contribution in [3.63, 3.8) is 0 Å². The molecule has 2 aromatic carbocycles. The maximum absolute atomic E-state index is 12.9. The van der Waals surface area contributed by atoms with E-state index in [0.717, 1.165) is 4.90 Å². The highest BCUT2D eigenvalue weighted by Gasteiger charge is 2.46. The zero-order chi connectivity index (χ0) is 20.4. The van der Waals surface area contributed by atoms with Gasteiger partial charge in [0, 0.05) is 15.6 Å². The van der Waals surface area contributed by atoms with Crippen LogP contribution in [0.3, 0.4) is 0 Å². The summed E-state index contributed by atoms with van der Waals surface area (Å²) in [7, 11) is 3.93. The predicted octanol–water partition coefficient (Wildman–Crippen LogP) is 2.56. The average Bonchev–Trinajstić information content (AvgIpc) is 2.91. The van der Waals surface area contributed by atoms with Gasteiger partial charge < -0.3 is 14.9 Å². The summed E-state index contributed by atoms with van der Waals surface area (Å²) in [6.45, 7) is 0.988. The van der Waals surface area contributed by atoms with Crippen LogP contribution >= 0.6 is 23.2 Å². The van der Waals surface area contributed by atoms with Gasteiger partial charge in [0.2, 0.25) is 0 Å². The summed E-state index contributed by atoms with van der Waals surface area (Å²) in [5.74, 6) is -1.57. The lowest BCUT2D eigenvalue weighted by Gasteiger charge is -2.26. The van der Waals surface area contributed by atoms with Crippen molar-refractivity contribution in [1.82, 2.24) is 4.90 Å². The number of rotatable bonds is 5. The molecule has 7 heteroatoms. The zero-order valence-electron chi connectivity index (χ0n) is 15.6. The quantitative estimate of drug-likeness (QED) is 0.444. The second-order valence-electron chi connectivity index (χ2n) is 6.98. The molecule has 1 amide bonds. The molecule has 3 rings (SSSR count). The summed E-state index contributed by atoms with van der Waals surface area (Å²) in [5.41, 5.74) is 1.06. The first-order chi connectivity index (χ1) is 13.3. The van der Waals surface area contributed by atoms with Crippen molar-refractivity contribution in [2.75, 3.05) is 27.2 Å². The zero-order valence-corrected chi connectivity index (χ0v) is 17.1. The summed E-state index contributed by atoms with van der Waals surface area (Å²) >= 11 is 12.4. The third-order valence-corrected chi connectivity index (χ3v) is 5.26. The number of carbonyl (C=O) groups is 2. The van der Waals surface area contributed by atoms with Gasteiger partial charge in [-0.2, -0.15) is 0 Å². The van der Waals surface area contributed by atoms with Gasteiger partial charge in [-0.15, -0.1) is 0 Å². The summed E-state index contributed by atoms with van der Waals surface area (Å²) in [6.07, 6.45) is 0. The third kappa shape index (κ3) is 3.92. The number of likely N-dealkylation sites (N-methyl/N-ethyl adjacent to an activating group) is 1. The highest BCUT2D eigenvalue weighted by Crippen LogP contribution is 2.42. The molecule has 0 saturated carbocycles. The van der Waals surface area contributed by atoms with E-state index >= 15 is 0 Å². The fraction of sp³-hybridized carbons (Fsp3) is 0.238. The van der Waals surface area contributed by atoms with Crippen LogP contribution in [0.4, 0.5) is 0 Å². The van der Waals surface area contributed by atoms with E-state index < -0.39 is 17.7 Å². The van der Waals surface area contributed by atoms with Gasteiger partial charge in [0.15, 0.2) is 0 Å².